The Labute approximate surface area is 151 Å². The minimum absolute atomic E-state index is 0.00826. The molecule has 3 N–H and O–H groups in total. The molecule has 0 saturated heterocycles. The number of fused-ring (bicyclic) bond motifs is 2. The van der Waals surface area contributed by atoms with Crippen LogP contribution in [0.15, 0.2) is 18.2 Å². The Morgan fingerprint density at radius 2 is 2.00 bits per heavy atom. The van der Waals surface area contributed by atoms with Gasteiger partial charge in [-0.05, 0) is 31.4 Å². The third-order valence-corrected chi connectivity index (χ3v) is 5.46. The van der Waals surface area contributed by atoms with Gasteiger partial charge in [-0.2, -0.15) is 0 Å². The first-order chi connectivity index (χ1) is 12.3. The van der Waals surface area contributed by atoms with Crippen LogP contribution in [0.25, 0.3) is 0 Å². The Hall–Kier alpha value is -2.44. The van der Waals surface area contributed by atoms with E-state index in [2.05, 4.69) is 5.32 Å². The molecule has 3 rings (SSSR count). The van der Waals surface area contributed by atoms with Crippen molar-refractivity contribution in [2.24, 2.45) is 5.73 Å². The molecule has 1 aromatic rings. The quantitative estimate of drug-likeness (QED) is 0.837. The molecule has 1 heterocycles. The van der Waals surface area contributed by atoms with E-state index in [4.69, 9.17) is 5.73 Å². The van der Waals surface area contributed by atoms with Gasteiger partial charge in [-0.1, -0.05) is 18.9 Å². The molecule has 1 aromatic carbocycles. The SMILES string of the molecule is CC(=O)N[C@H](CCC(N)=O)C(=O)N1CC2(CCCC2)c2c(F)cccc21. The Bertz CT molecular complexity index is 744. The molecule has 2 aliphatic rings. The van der Waals surface area contributed by atoms with Crippen molar-refractivity contribution in [2.75, 3.05) is 11.4 Å². The van der Waals surface area contributed by atoms with E-state index in [1.54, 1.807) is 17.0 Å². The summed E-state index contributed by atoms with van der Waals surface area (Å²) >= 11 is 0. The summed E-state index contributed by atoms with van der Waals surface area (Å²) in [6, 6.07) is 3.93. The predicted molar refractivity (Wildman–Crippen MR) is 94.9 cm³/mol. The summed E-state index contributed by atoms with van der Waals surface area (Å²) in [5.74, 6) is -1.50. The van der Waals surface area contributed by atoms with E-state index in [0.29, 0.717) is 17.8 Å². The number of primary amides is 1. The topological polar surface area (TPSA) is 92.5 Å². The lowest BCUT2D eigenvalue weighted by Crippen LogP contribution is -2.49. The number of carbonyl (C=O) groups is 3. The monoisotopic (exact) mass is 361 g/mol. The molecule has 7 heteroatoms. The van der Waals surface area contributed by atoms with Gasteiger partial charge in [-0.3, -0.25) is 14.4 Å². The molecule has 140 valence electrons. The van der Waals surface area contributed by atoms with Gasteiger partial charge in [0.15, 0.2) is 0 Å². The second-order valence-corrected chi connectivity index (χ2v) is 7.30. The van der Waals surface area contributed by atoms with Gasteiger partial charge in [0.2, 0.25) is 17.7 Å². The first-order valence-electron chi connectivity index (χ1n) is 9.00. The van der Waals surface area contributed by atoms with Crippen molar-refractivity contribution in [3.63, 3.8) is 0 Å². The molecule has 1 spiro atoms. The number of carbonyl (C=O) groups excluding carboxylic acids is 3. The highest BCUT2D eigenvalue weighted by atomic mass is 19.1. The summed E-state index contributed by atoms with van der Waals surface area (Å²) in [6.07, 6.45) is 3.82. The van der Waals surface area contributed by atoms with Gasteiger partial charge in [-0.25, -0.2) is 4.39 Å². The van der Waals surface area contributed by atoms with Gasteiger partial charge in [0.1, 0.15) is 11.9 Å². The number of nitrogens with zero attached hydrogens (tertiary/aromatic N) is 1. The average molecular weight is 361 g/mol. The van der Waals surface area contributed by atoms with Gasteiger partial charge < -0.3 is 16.0 Å². The number of nitrogens with two attached hydrogens (primary N) is 1. The molecule has 0 aromatic heterocycles. The van der Waals surface area contributed by atoms with Crippen molar-refractivity contribution in [3.8, 4) is 0 Å². The van der Waals surface area contributed by atoms with E-state index in [1.807, 2.05) is 0 Å². The van der Waals surface area contributed by atoms with Crippen molar-refractivity contribution in [1.82, 2.24) is 5.32 Å². The standard InChI is InChI=1S/C19H24FN3O3/c1-12(24)22-14(7-8-16(21)25)18(26)23-11-19(9-2-3-10-19)17-13(20)5-4-6-15(17)23/h4-6,14H,2-3,7-11H2,1H3,(H2,21,25)(H,22,24)/t14-/m1/s1. The number of hydrogen-bond acceptors (Lipinski definition) is 3. The maximum absolute atomic E-state index is 14.6. The normalized spacial score (nSPS) is 18.6. The highest BCUT2D eigenvalue weighted by Crippen LogP contribution is 2.51. The minimum atomic E-state index is -0.854. The van der Waals surface area contributed by atoms with E-state index in [0.717, 1.165) is 25.7 Å². The van der Waals surface area contributed by atoms with Gasteiger partial charge in [0.25, 0.3) is 0 Å². The van der Waals surface area contributed by atoms with Crippen molar-refractivity contribution >= 4 is 23.4 Å². The molecule has 0 bridgehead atoms. The molecular weight excluding hydrogens is 337 g/mol. The summed E-state index contributed by atoms with van der Waals surface area (Å²) in [5.41, 5.74) is 6.03. The second kappa shape index (κ2) is 7.05. The van der Waals surface area contributed by atoms with Gasteiger partial charge in [0, 0.05) is 30.9 Å². The second-order valence-electron chi connectivity index (χ2n) is 7.30. The van der Waals surface area contributed by atoms with Crippen LogP contribution < -0.4 is 16.0 Å². The van der Waals surface area contributed by atoms with Crippen LogP contribution in [0.1, 0.15) is 51.0 Å². The summed E-state index contributed by atoms with van der Waals surface area (Å²) in [5, 5.41) is 2.60. The van der Waals surface area contributed by atoms with Crippen LogP contribution in [-0.4, -0.2) is 30.3 Å². The molecular formula is C19H24FN3O3. The molecule has 1 aliphatic heterocycles. The Kier molecular flexibility index (Phi) is 4.98. The Morgan fingerprint density at radius 1 is 1.31 bits per heavy atom. The molecule has 0 radical (unpaired) electrons. The zero-order valence-electron chi connectivity index (χ0n) is 14.9. The fourth-order valence-electron chi connectivity index (χ4n) is 4.36. The molecule has 1 saturated carbocycles. The third kappa shape index (κ3) is 3.30. The smallest absolute Gasteiger partial charge is 0.249 e. The molecule has 26 heavy (non-hydrogen) atoms. The Morgan fingerprint density at radius 3 is 2.62 bits per heavy atom. The maximum atomic E-state index is 14.6. The van der Waals surface area contributed by atoms with Gasteiger partial charge in [0.05, 0.1) is 5.69 Å². The first-order valence-corrected chi connectivity index (χ1v) is 9.00. The predicted octanol–water partition coefficient (Wildman–Crippen LogP) is 1.75. The third-order valence-electron chi connectivity index (χ3n) is 5.46. The molecule has 3 amide bonds. The molecule has 1 fully saturated rings. The number of anilines is 1. The van der Waals surface area contributed by atoms with Crippen LogP contribution in [-0.2, 0) is 19.8 Å². The van der Waals surface area contributed by atoms with Crippen LogP contribution >= 0.6 is 0 Å². The van der Waals surface area contributed by atoms with Crippen molar-refractivity contribution in [2.45, 2.75) is 56.9 Å². The largest absolute Gasteiger partial charge is 0.370 e. The lowest BCUT2D eigenvalue weighted by molar-refractivity contribution is -0.127. The maximum Gasteiger partial charge on any atom is 0.249 e. The highest BCUT2D eigenvalue weighted by Gasteiger charge is 2.48. The van der Waals surface area contributed by atoms with Crippen LogP contribution in [0, 0.1) is 5.82 Å². The molecule has 6 nitrogen and oxygen atoms in total. The summed E-state index contributed by atoms with van der Waals surface area (Å²) in [4.78, 5) is 37.3. The van der Waals surface area contributed by atoms with Crippen LogP contribution in [0.2, 0.25) is 0 Å². The van der Waals surface area contributed by atoms with Crippen LogP contribution in [0.5, 0.6) is 0 Å². The van der Waals surface area contributed by atoms with E-state index < -0.39 is 11.9 Å². The molecule has 1 aliphatic carbocycles. The average Bonchev–Trinajstić information content (AvgIpc) is 3.17. The fraction of sp³-hybridized carbons (Fsp3) is 0.526. The molecule has 1 atom stereocenters. The van der Waals surface area contributed by atoms with E-state index in [-0.39, 0.29) is 35.9 Å². The van der Waals surface area contributed by atoms with Crippen molar-refractivity contribution in [3.05, 3.63) is 29.6 Å². The fourth-order valence-corrected chi connectivity index (χ4v) is 4.36. The number of hydrogen-bond donors (Lipinski definition) is 2. The number of amides is 3. The van der Waals surface area contributed by atoms with Crippen LogP contribution in [0.4, 0.5) is 10.1 Å². The molecule has 0 unspecified atom stereocenters. The van der Waals surface area contributed by atoms with Gasteiger partial charge >= 0.3 is 0 Å². The van der Waals surface area contributed by atoms with Crippen molar-refractivity contribution in [1.29, 1.82) is 0 Å². The zero-order valence-corrected chi connectivity index (χ0v) is 14.9. The summed E-state index contributed by atoms with van der Waals surface area (Å²) in [6.45, 7) is 1.73. The first kappa shape index (κ1) is 18.4. The van der Waals surface area contributed by atoms with Gasteiger partial charge in [-0.15, -0.1) is 0 Å². The Balaban J connectivity index is 1.92. The lowest BCUT2D eigenvalue weighted by atomic mass is 9.80. The highest BCUT2D eigenvalue weighted by molar-refractivity contribution is 6.01. The number of benzene rings is 1. The number of nitrogens with one attached hydrogen (secondary N) is 1. The van der Waals surface area contributed by atoms with E-state index in [1.165, 1.54) is 13.0 Å². The van der Waals surface area contributed by atoms with E-state index in [9.17, 15) is 18.8 Å². The number of halogens is 1. The van der Waals surface area contributed by atoms with Crippen LogP contribution in [0.3, 0.4) is 0 Å². The minimum Gasteiger partial charge on any atom is -0.370 e. The van der Waals surface area contributed by atoms with E-state index >= 15 is 0 Å². The zero-order chi connectivity index (χ0) is 18.9. The lowest BCUT2D eigenvalue weighted by Gasteiger charge is -2.27. The number of rotatable bonds is 5. The summed E-state index contributed by atoms with van der Waals surface area (Å²) in [7, 11) is 0. The van der Waals surface area contributed by atoms with Crippen molar-refractivity contribution < 1.29 is 18.8 Å². The summed E-state index contributed by atoms with van der Waals surface area (Å²) < 4.78 is 14.6.